The van der Waals surface area contributed by atoms with Gasteiger partial charge in [-0.25, -0.2) is 9.97 Å². The van der Waals surface area contributed by atoms with E-state index in [9.17, 15) is 0 Å². The van der Waals surface area contributed by atoms with Crippen molar-refractivity contribution in [3.63, 3.8) is 0 Å². The topological polar surface area (TPSA) is 32.3 Å². The van der Waals surface area contributed by atoms with Crippen LogP contribution in [0.5, 0.6) is 0 Å². The Hall–Kier alpha value is -0.870. The zero-order valence-corrected chi connectivity index (χ0v) is 11.0. The SMILES string of the molecule is CCCN1CCCN(c2ncncc2Cl)CC1. The summed E-state index contributed by atoms with van der Waals surface area (Å²) in [5, 5.41) is 0.649. The van der Waals surface area contributed by atoms with Gasteiger partial charge in [0.25, 0.3) is 0 Å². The number of nitrogens with zero attached hydrogens (tertiary/aromatic N) is 4. The molecule has 17 heavy (non-hydrogen) atoms. The molecule has 94 valence electrons. The van der Waals surface area contributed by atoms with Crippen LogP contribution in [0.3, 0.4) is 0 Å². The van der Waals surface area contributed by atoms with Crippen LogP contribution in [0.4, 0.5) is 5.82 Å². The van der Waals surface area contributed by atoms with Gasteiger partial charge in [0.1, 0.15) is 11.3 Å². The monoisotopic (exact) mass is 254 g/mol. The zero-order valence-electron chi connectivity index (χ0n) is 10.3. The molecule has 1 aromatic rings. The summed E-state index contributed by atoms with van der Waals surface area (Å²) in [4.78, 5) is 13.0. The van der Waals surface area contributed by atoms with Crippen LogP contribution < -0.4 is 4.90 Å². The smallest absolute Gasteiger partial charge is 0.150 e. The summed E-state index contributed by atoms with van der Waals surface area (Å²) in [5.41, 5.74) is 0. The average molecular weight is 255 g/mol. The summed E-state index contributed by atoms with van der Waals surface area (Å²) < 4.78 is 0. The van der Waals surface area contributed by atoms with E-state index in [1.165, 1.54) is 25.9 Å². The summed E-state index contributed by atoms with van der Waals surface area (Å²) in [5.74, 6) is 0.875. The van der Waals surface area contributed by atoms with Gasteiger partial charge in [-0.3, -0.25) is 0 Å². The first kappa shape index (κ1) is 12.6. The van der Waals surface area contributed by atoms with Crippen molar-refractivity contribution in [3.8, 4) is 0 Å². The van der Waals surface area contributed by atoms with Gasteiger partial charge in [0, 0.05) is 19.6 Å². The molecule has 0 saturated carbocycles. The predicted molar refractivity (Wildman–Crippen MR) is 70.6 cm³/mol. The number of anilines is 1. The number of hydrogen-bond donors (Lipinski definition) is 0. The van der Waals surface area contributed by atoms with Gasteiger partial charge < -0.3 is 9.80 Å². The van der Waals surface area contributed by atoms with E-state index in [2.05, 4.69) is 26.7 Å². The molecule has 0 radical (unpaired) electrons. The minimum Gasteiger partial charge on any atom is -0.354 e. The molecule has 0 unspecified atom stereocenters. The van der Waals surface area contributed by atoms with Gasteiger partial charge >= 0.3 is 0 Å². The molecule has 1 saturated heterocycles. The average Bonchev–Trinajstić information content (AvgIpc) is 2.56. The van der Waals surface area contributed by atoms with Crippen LogP contribution in [0.2, 0.25) is 5.02 Å². The molecule has 1 aliphatic heterocycles. The van der Waals surface area contributed by atoms with Crippen LogP contribution in [-0.4, -0.2) is 47.6 Å². The number of hydrogen-bond acceptors (Lipinski definition) is 4. The molecular weight excluding hydrogens is 236 g/mol. The Morgan fingerprint density at radius 1 is 1.29 bits per heavy atom. The highest BCUT2D eigenvalue weighted by atomic mass is 35.5. The molecule has 0 amide bonds. The largest absolute Gasteiger partial charge is 0.354 e. The molecular formula is C12H19ClN4. The molecule has 2 heterocycles. The number of halogens is 1. The molecule has 0 aromatic carbocycles. The zero-order chi connectivity index (χ0) is 12.1. The molecule has 0 aliphatic carbocycles. The maximum Gasteiger partial charge on any atom is 0.150 e. The molecule has 1 fully saturated rings. The molecule has 0 spiro atoms. The van der Waals surface area contributed by atoms with Crippen molar-refractivity contribution >= 4 is 17.4 Å². The first-order chi connectivity index (χ1) is 8.31. The van der Waals surface area contributed by atoms with Gasteiger partial charge in [-0.1, -0.05) is 18.5 Å². The molecule has 2 rings (SSSR count). The van der Waals surface area contributed by atoms with E-state index in [-0.39, 0.29) is 0 Å². The molecule has 5 heteroatoms. The summed E-state index contributed by atoms with van der Waals surface area (Å²) >= 11 is 6.13. The highest BCUT2D eigenvalue weighted by molar-refractivity contribution is 6.32. The fourth-order valence-corrected chi connectivity index (χ4v) is 2.49. The highest BCUT2D eigenvalue weighted by Gasteiger charge is 2.17. The summed E-state index contributed by atoms with van der Waals surface area (Å²) in [6.45, 7) is 7.70. The van der Waals surface area contributed by atoms with Crippen molar-refractivity contribution in [3.05, 3.63) is 17.5 Å². The van der Waals surface area contributed by atoms with Gasteiger partial charge in [0.05, 0.1) is 6.20 Å². The second kappa shape index (κ2) is 6.17. The minimum absolute atomic E-state index is 0.649. The van der Waals surface area contributed by atoms with Crippen molar-refractivity contribution in [2.24, 2.45) is 0 Å². The molecule has 0 atom stereocenters. The van der Waals surface area contributed by atoms with Crippen molar-refractivity contribution in [2.45, 2.75) is 19.8 Å². The molecule has 1 aliphatic rings. The van der Waals surface area contributed by atoms with Gasteiger partial charge in [-0.15, -0.1) is 0 Å². The van der Waals surface area contributed by atoms with E-state index in [1.54, 1.807) is 12.5 Å². The lowest BCUT2D eigenvalue weighted by molar-refractivity contribution is 0.294. The Balaban J connectivity index is 2.01. The standard InChI is InChI=1S/C12H19ClN4/c1-2-4-16-5-3-6-17(8-7-16)12-11(13)9-14-10-15-12/h9-10H,2-8H2,1H3. The first-order valence-corrected chi connectivity index (χ1v) is 6.62. The van der Waals surface area contributed by atoms with E-state index in [1.807, 2.05) is 0 Å². The van der Waals surface area contributed by atoms with Gasteiger partial charge in [-0.05, 0) is 25.9 Å². The Morgan fingerprint density at radius 2 is 2.18 bits per heavy atom. The normalized spacial score (nSPS) is 18.1. The van der Waals surface area contributed by atoms with E-state index >= 15 is 0 Å². The van der Waals surface area contributed by atoms with Crippen molar-refractivity contribution in [1.82, 2.24) is 14.9 Å². The highest BCUT2D eigenvalue weighted by Crippen LogP contribution is 2.22. The third kappa shape index (κ3) is 3.30. The van der Waals surface area contributed by atoms with E-state index in [4.69, 9.17) is 11.6 Å². The van der Waals surface area contributed by atoms with Gasteiger partial charge in [0.15, 0.2) is 5.82 Å². The molecule has 0 bridgehead atoms. The molecule has 0 N–H and O–H groups in total. The second-order valence-corrected chi connectivity index (χ2v) is 4.78. The quantitative estimate of drug-likeness (QED) is 0.827. The maximum atomic E-state index is 6.13. The Kier molecular flexibility index (Phi) is 4.57. The van der Waals surface area contributed by atoms with E-state index < -0.39 is 0 Å². The maximum absolute atomic E-state index is 6.13. The third-order valence-corrected chi connectivity index (χ3v) is 3.34. The fourth-order valence-electron chi connectivity index (χ4n) is 2.26. The van der Waals surface area contributed by atoms with Gasteiger partial charge in [-0.2, -0.15) is 0 Å². The lowest BCUT2D eigenvalue weighted by Crippen LogP contribution is -2.31. The van der Waals surface area contributed by atoms with Crippen LogP contribution in [0.15, 0.2) is 12.5 Å². The Labute approximate surface area is 108 Å². The van der Waals surface area contributed by atoms with E-state index in [0.717, 1.165) is 25.5 Å². The third-order valence-electron chi connectivity index (χ3n) is 3.08. The number of aromatic nitrogens is 2. The van der Waals surface area contributed by atoms with E-state index in [0.29, 0.717) is 5.02 Å². The second-order valence-electron chi connectivity index (χ2n) is 4.38. The summed E-state index contributed by atoms with van der Waals surface area (Å²) in [7, 11) is 0. The summed E-state index contributed by atoms with van der Waals surface area (Å²) in [6.07, 6.45) is 5.61. The Morgan fingerprint density at radius 3 is 2.94 bits per heavy atom. The van der Waals surface area contributed by atoms with Crippen LogP contribution in [-0.2, 0) is 0 Å². The minimum atomic E-state index is 0.649. The molecule has 1 aromatic heterocycles. The fraction of sp³-hybridized carbons (Fsp3) is 0.667. The Bertz CT molecular complexity index is 358. The van der Waals surface area contributed by atoms with Crippen LogP contribution in [0.1, 0.15) is 19.8 Å². The molecule has 4 nitrogen and oxygen atoms in total. The van der Waals surface area contributed by atoms with Gasteiger partial charge in [0.2, 0.25) is 0 Å². The first-order valence-electron chi connectivity index (χ1n) is 6.24. The van der Waals surface area contributed by atoms with Crippen LogP contribution in [0, 0.1) is 0 Å². The van der Waals surface area contributed by atoms with Crippen LogP contribution >= 0.6 is 11.6 Å². The van der Waals surface area contributed by atoms with Crippen LogP contribution in [0.25, 0.3) is 0 Å². The predicted octanol–water partition coefficient (Wildman–Crippen LogP) is 2.05. The lowest BCUT2D eigenvalue weighted by Gasteiger charge is -2.22. The van der Waals surface area contributed by atoms with Crippen molar-refractivity contribution in [2.75, 3.05) is 37.6 Å². The summed E-state index contributed by atoms with van der Waals surface area (Å²) in [6, 6.07) is 0. The van der Waals surface area contributed by atoms with Crippen molar-refractivity contribution in [1.29, 1.82) is 0 Å². The van der Waals surface area contributed by atoms with Crippen molar-refractivity contribution < 1.29 is 0 Å². The number of rotatable bonds is 3. The lowest BCUT2D eigenvalue weighted by atomic mass is 10.3.